The van der Waals surface area contributed by atoms with Crippen LogP contribution in [0.2, 0.25) is 0 Å². The average Bonchev–Trinajstić information content (AvgIpc) is 3.06. The van der Waals surface area contributed by atoms with Gasteiger partial charge < -0.3 is 9.26 Å². The van der Waals surface area contributed by atoms with Crippen LogP contribution in [-0.2, 0) is 20.7 Å². The van der Waals surface area contributed by atoms with E-state index in [9.17, 15) is 4.79 Å². The number of aromatic nitrogens is 2. The zero-order chi connectivity index (χ0) is 15.5. The third kappa shape index (κ3) is 3.78. The van der Waals surface area contributed by atoms with E-state index in [0.29, 0.717) is 24.1 Å². The van der Waals surface area contributed by atoms with E-state index >= 15 is 0 Å². The number of carbonyl (C=O) groups is 1. The van der Waals surface area contributed by atoms with Crippen molar-refractivity contribution in [3.05, 3.63) is 11.7 Å². The van der Waals surface area contributed by atoms with Crippen LogP contribution in [0.4, 0.5) is 0 Å². The summed E-state index contributed by atoms with van der Waals surface area (Å²) < 4.78 is 10.8. The van der Waals surface area contributed by atoms with Gasteiger partial charge in [0.2, 0.25) is 5.89 Å². The van der Waals surface area contributed by atoms with E-state index in [1.165, 1.54) is 0 Å². The van der Waals surface area contributed by atoms with E-state index in [4.69, 9.17) is 9.26 Å². The second kappa shape index (κ2) is 6.38. The first-order valence-corrected chi connectivity index (χ1v) is 8.50. The summed E-state index contributed by atoms with van der Waals surface area (Å²) in [6.45, 7) is 8.64. The molecule has 6 heteroatoms. The van der Waals surface area contributed by atoms with Crippen LogP contribution >= 0.6 is 11.8 Å². The minimum Gasteiger partial charge on any atom is -0.465 e. The lowest BCUT2D eigenvalue weighted by Crippen LogP contribution is -2.35. The maximum absolute atomic E-state index is 12.3. The van der Waals surface area contributed by atoms with Crippen molar-refractivity contribution in [1.82, 2.24) is 10.1 Å². The van der Waals surface area contributed by atoms with Gasteiger partial charge in [0.1, 0.15) is 5.41 Å². The van der Waals surface area contributed by atoms with Crippen molar-refractivity contribution >= 4 is 17.7 Å². The summed E-state index contributed by atoms with van der Waals surface area (Å²) in [6, 6.07) is 0. The van der Waals surface area contributed by atoms with Gasteiger partial charge in [-0.3, -0.25) is 4.79 Å². The first kappa shape index (κ1) is 16.3. The minimum absolute atomic E-state index is 0.146. The van der Waals surface area contributed by atoms with Crippen LogP contribution in [0.5, 0.6) is 0 Å². The molecule has 1 aromatic rings. The summed E-state index contributed by atoms with van der Waals surface area (Å²) in [4.78, 5) is 16.8. The topological polar surface area (TPSA) is 65.2 Å². The largest absolute Gasteiger partial charge is 0.465 e. The lowest BCUT2D eigenvalue weighted by atomic mass is 9.86. The Balaban J connectivity index is 2.15. The van der Waals surface area contributed by atoms with E-state index in [0.717, 1.165) is 25.7 Å². The predicted molar refractivity (Wildman–Crippen MR) is 82.1 cm³/mol. The fourth-order valence-electron chi connectivity index (χ4n) is 2.54. The molecule has 118 valence electrons. The van der Waals surface area contributed by atoms with Crippen molar-refractivity contribution in [2.45, 2.75) is 69.3 Å². The Morgan fingerprint density at radius 3 is 2.62 bits per heavy atom. The SMILES string of the molecule is CCOC(=O)C1(c2nc(CSC(C)(C)C)no2)CCCC1. The third-order valence-electron chi connectivity index (χ3n) is 3.64. The monoisotopic (exact) mass is 312 g/mol. The molecular formula is C15H24N2O3S. The molecular weight excluding hydrogens is 288 g/mol. The van der Waals surface area contributed by atoms with Crippen molar-refractivity contribution in [2.24, 2.45) is 0 Å². The summed E-state index contributed by atoms with van der Waals surface area (Å²) in [5, 5.41) is 4.04. The number of carbonyl (C=O) groups excluding carboxylic acids is 1. The Morgan fingerprint density at radius 1 is 1.38 bits per heavy atom. The molecule has 0 aliphatic heterocycles. The van der Waals surface area contributed by atoms with Gasteiger partial charge in [-0.1, -0.05) is 38.8 Å². The second-order valence-corrected chi connectivity index (χ2v) is 8.23. The molecule has 1 aliphatic rings. The first-order chi connectivity index (χ1) is 9.87. The zero-order valence-corrected chi connectivity index (χ0v) is 14.1. The van der Waals surface area contributed by atoms with Gasteiger partial charge in [-0.05, 0) is 19.8 Å². The molecule has 1 heterocycles. The predicted octanol–water partition coefficient (Wildman–Crippen LogP) is 3.48. The highest BCUT2D eigenvalue weighted by atomic mass is 32.2. The van der Waals surface area contributed by atoms with Crippen LogP contribution in [0.25, 0.3) is 0 Å². The van der Waals surface area contributed by atoms with E-state index in [-0.39, 0.29) is 10.7 Å². The van der Waals surface area contributed by atoms with Crippen molar-refractivity contribution < 1.29 is 14.1 Å². The molecule has 0 aromatic carbocycles. The molecule has 0 unspecified atom stereocenters. The fourth-order valence-corrected chi connectivity index (χ4v) is 3.22. The first-order valence-electron chi connectivity index (χ1n) is 7.52. The Morgan fingerprint density at radius 2 is 2.05 bits per heavy atom. The number of thioether (sulfide) groups is 1. The normalized spacial score (nSPS) is 17.9. The van der Waals surface area contributed by atoms with Gasteiger partial charge in [-0.2, -0.15) is 4.98 Å². The highest BCUT2D eigenvalue weighted by Gasteiger charge is 2.49. The van der Waals surface area contributed by atoms with Crippen LogP contribution in [0.3, 0.4) is 0 Å². The lowest BCUT2D eigenvalue weighted by molar-refractivity contribution is -0.151. The minimum atomic E-state index is -0.715. The van der Waals surface area contributed by atoms with Gasteiger partial charge in [0, 0.05) is 4.75 Å². The molecule has 0 atom stereocenters. The average molecular weight is 312 g/mol. The van der Waals surface area contributed by atoms with Crippen molar-refractivity contribution in [3.63, 3.8) is 0 Å². The molecule has 1 aliphatic carbocycles. The summed E-state index contributed by atoms with van der Waals surface area (Å²) in [7, 11) is 0. The van der Waals surface area contributed by atoms with Crippen LogP contribution in [0.15, 0.2) is 4.52 Å². The molecule has 1 aromatic heterocycles. The van der Waals surface area contributed by atoms with Crippen LogP contribution in [0.1, 0.15) is 65.1 Å². The van der Waals surface area contributed by atoms with Crippen molar-refractivity contribution in [3.8, 4) is 0 Å². The van der Waals surface area contributed by atoms with Crippen LogP contribution < -0.4 is 0 Å². The highest BCUT2D eigenvalue weighted by Crippen LogP contribution is 2.41. The Hall–Kier alpha value is -1.04. The molecule has 0 radical (unpaired) electrons. The Labute approximate surface area is 130 Å². The van der Waals surface area contributed by atoms with Gasteiger partial charge >= 0.3 is 5.97 Å². The van der Waals surface area contributed by atoms with E-state index < -0.39 is 5.41 Å². The third-order valence-corrected chi connectivity index (χ3v) is 4.90. The number of rotatable bonds is 5. The Kier molecular flexibility index (Phi) is 4.96. The number of ether oxygens (including phenoxy) is 1. The maximum atomic E-state index is 12.3. The smallest absolute Gasteiger partial charge is 0.321 e. The molecule has 0 N–H and O–H groups in total. The Bertz CT molecular complexity index is 487. The molecule has 0 amide bonds. The van der Waals surface area contributed by atoms with Gasteiger partial charge in [0.05, 0.1) is 12.4 Å². The molecule has 21 heavy (non-hydrogen) atoms. The zero-order valence-electron chi connectivity index (χ0n) is 13.3. The molecule has 0 spiro atoms. The number of hydrogen-bond acceptors (Lipinski definition) is 6. The van der Waals surface area contributed by atoms with Crippen LogP contribution in [0, 0.1) is 0 Å². The van der Waals surface area contributed by atoms with Gasteiger partial charge in [0.25, 0.3) is 0 Å². The number of esters is 1. The summed E-state index contributed by atoms with van der Waals surface area (Å²) in [6.07, 6.45) is 3.46. The summed E-state index contributed by atoms with van der Waals surface area (Å²) in [5.41, 5.74) is -0.715. The van der Waals surface area contributed by atoms with Crippen molar-refractivity contribution in [2.75, 3.05) is 6.61 Å². The van der Waals surface area contributed by atoms with Crippen LogP contribution in [-0.4, -0.2) is 27.5 Å². The second-order valence-electron chi connectivity index (χ2n) is 6.43. The molecule has 2 rings (SSSR count). The summed E-state index contributed by atoms with van der Waals surface area (Å²) >= 11 is 1.76. The molecule has 1 fully saturated rings. The quantitative estimate of drug-likeness (QED) is 0.776. The van der Waals surface area contributed by atoms with Gasteiger partial charge in [0.15, 0.2) is 5.82 Å². The van der Waals surface area contributed by atoms with E-state index in [1.807, 2.05) is 6.92 Å². The molecule has 0 bridgehead atoms. The van der Waals surface area contributed by atoms with E-state index in [1.54, 1.807) is 11.8 Å². The van der Waals surface area contributed by atoms with E-state index in [2.05, 4.69) is 30.9 Å². The number of hydrogen-bond donors (Lipinski definition) is 0. The molecule has 1 saturated carbocycles. The molecule has 5 nitrogen and oxygen atoms in total. The standard InChI is InChI=1S/C15H24N2O3S/c1-5-19-13(18)15(8-6-7-9-15)12-16-11(17-20-12)10-21-14(2,3)4/h5-10H2,1-4H3. The number of nitrogens with zero attached hydrogens (tertiary/aromatic N) is 2. The van der Waals surface area contributed by atoms with Gasteiger partial charge in [-0.25, -0.2) is 0 Å². The maximum Gasteiger partial charge on any atom is 0.321 e. The fraction of sp³-hybridized carbons (Fsp3) is 0.800. The highest BCUT2D eigenvalue weighted by molar-refractivity contribution is 7.99. The lowest BCUT2D eigenvalue weighted by Gasteiger charge is -2.21. The van der Waals surface area contributed by atoms with Gasteiger partial charge in [-0.15, -0.1) is 11.8 Å². The summed E-state index contributed by atoms with van der Waals surface area (Å²) in [5.74, 6) is 1.55. The van der Waals surface area contributed by atoms with Crippen molar-refractivity contribution in [1.29, 1.82) is 0 Å². The molecule has 0 saturated heterocycles.